The van der Waals surface area contributed by atoms with Gasteiger partial charge in [-0.3, -0.25) is 9.59 Å². The molecule has 0 fully saturated rings. The molecule has 0 saturated carbocycles. The molecule has 0 radical (unpaired) electrons. The predicted molar refractivity (Wildman–Crippen MR) is 136 cm³/mol. The largest absolute Gasteiger partial charge is 0.483 e. The molecule has 0 bridgehead atoms. The number of hydrogen-bond acceptors (Lipinski definition) is 3. The van der Waals surface area contributed by atoms with Crippen LogP contribution in [-0.4, -0.2) is 34.9 Å². The molecule has 2 rings (SSSR count). The van der Waals surface area contributed by atoms with Crippen molar-refractivity contribution in [3.05, 3.63) is 62.5 Å². The van der Waals surface area contributed by atoms with E-state index in [2.05, 4.69) is 51.0 Å². The number of amides is 2. The van der Waals surface area contributed by atoms with Crippen LogP contribution >= 0.6 is 31.9 Å². The number of nitrogens with zero attached hydrogens (tertiary/aromatic N) is 1. The van der Waals surface area contributed by atoms with Crippen LogP contribution in [0.3, 0.4) is 0 Å². The lowest BCUT2D eigenvalue weighted by Crippen LogP contribution is -2.53. The first-order chi connectivity index (χ1) is 14.9. The summed E-state index contributed by atoms with van der Waals surface area (Å²) < 4.78 is 7.58. The van der Waals surface area contributed by atoms with Gasteiger partial charge in [0.05, 0.1) is 4.47 Å². The van der Waals surface area contributed by atoms with Crippen LogP contribution in [0.4, 0.5) is 0 Å². The Morgan fingerprint density at radius 2 is 1.66 bits per heavy atom. The number of halogens is 2. The number of nitrogens with one attached hydrogen (secondary N) is 1. The van der Waals surface area contributed by atoms with E-state index in [9.17, 15) is 9.59 Å². The van der Waals surface area contributed by atoms with Crippen LogP contribution in [-0.2, 0) is 16.1 Å². The Kier molecular flexibility index (Phi) is 9.34. The molecule has 0 unspecified atom stereocenters. The van der Waals surface area contributed by atoms with E-state index >= 15 is 0 Å². The average Bonchev–Trinajstić information content (AvgIpc) is 2.70. The van der Waals surface area contributed by atoms with Gasteiger partial charge < -0.3 is 15.0 Å². The van der Waals surface area contributed by atoms with Gasteiger partial charge in [-0.1, -0.05) is 48.0 Å². The minimum Gasteiger partial charge on any atom is -0.483 e. The minimum absolute atomic E-state index is 0.163. The number of rotatable bonds is 8. The van der Waals surface area contributed by atoms with Crippen LogP contribution in [0.25, 0.3) is 0 Å². The number of carbonyl (C=O) groups excluding carboxylic acids is 2. The lowest BCUT2D eigenvalue weighted by atomic mass is 10.0. The van der Waals surface area contributed by atoms with Crippen molar-refractivity contribution in [2.45, 2.75) is 65.6 Å². The molecule has 2 aromatic rings. The van der Waals surface area contributed by atoms with Crippen molar-refractivity contribution in [1.82, 2.24) is 10.2 Å². The Morgan fingerprint density at radius 3 is 2.19 bits per heavy atom. The van der Waals surface area contributed by atoms with Crippen LogP contribution in [0.2, 0.25) is 0 Å². The van der Waals surface area contributed by atoms with Crippen LogP contribution in [0, 0.1) is 0 Å². The fourth-order valence-electron chi connectivity index (χ4n) is 3.06. The Hall–Kier alpha value is -1.86. The number of hydrogen-bond donors (Lipinski definition) is 1. The Morgan fingerprint density at radius 1 is 1.03 bits per heavy atom. The summed E-state index contributed by atoms with van der Waals surface area (Å²) in [6, 6.07) is 12.9. The van der Waals surface area contributed by atoms with Crippen molar-refractivity contribution in [3.8, 4) is 5.75 Å². The zero-order valence-electron chi connectivity index (χ0n) is 19.5. The first-order valence-electron chi connectivity index (χ1n) is 10.7. The second kappa shape index (κ2) is 11.3. The highest BCUT2D eigenvalue weighted by molar-refractivity contribution is 9.10. The second-order valence-corrected chi connectivity index (χ2v) is 11.0. The third kappa shape index (κ3) is 7.93. The summed E-state index contributed by atoms with van der Waals surface area (Å²) in [7, 11) is 0. The summed E-state index contributed by atoms with van der Waals surface area (Å²) >= 11 is 6.96. The maximum atomic E-state index is 13.2. The van der Waals surface area contributed by atoms with Crippen LogP contribution in [0.5, 0.6) is 5.75 Å². The molecule has 174 valence electrons. The smallest absolute Gasteiger partial charge is 0.261 e. The molecule has 7 heteroatoms. The summed E-state index contributed by atoms with van der Waals surface area (Å²) in [6.07, 6.45) is 0. The molecule has 5 nitrogen and oxygen atoms in total. The summed E-state index contributed by atoms with van der Waals surface area (Å²) in [4.78, 5) is 27.6. The third-order valence-corrected chi connectivity index (χ3v) is 6.05. The quantitative estimate of drug-likeness (QED) is 0.422. The van der Waals surface area contributed by atoms with Crippen molar-refractivity contribution in [3.63, 3.8) is 0 Å². The van der Waals surface area contributed by atoms with Gasteiger partial charge in [0, 0.05) is 16.6 Å². The summed E-state index contributed by atoms with van der Waals surface area (Å²) in [5, 5.41) is 2.96. The number of carbonyl (C=O) groups is 2. The van der Waals surface area contributed by atoms with Crippen molar-refractivity contribution >= 4 is 43.7 Å². The normalized spacial score (nSPS) is 12.4. The number of benzene rings is 2. The molecule has 0 aliphatic heterocycles. The monoisotopic (exact) mass is 566 g/mol. The fraction of sp³-hybridized carbons (Fsp3) is 0.440. The average molecular weight is 568 g/mol. The van der Waals surface area contributed by atoms with Gasteiger partial charge in [-0.15, -0.1) is 0 Å². The highest BCUT2D eigenvalue weighted by Crippen LogP contribution is 2.29. The Balaban J connectivity index is 2.19. The van der Waals surface area contributed by atoms with E-state index < -0.39 is 11.6 Å². The molecule has 32 heavy (non-hydrogen) atoms. The zero-order chi connectivity index (χ0) is 24.1. The van der Waals surface area contributed by atoms with Gasteiger partial charge in [0.2, 0.25) is 5.91 Å². The van der Waals surface area contributed by atoms with E-state index in [0.29, 0.717) is 18.2 Å². The molecule has 0 aliphatic carbocycles. The van der Waals surface area contributed by atoms with E-state index in [0.717, 1.165) is 14.5 Å². The molecular formula is C25H32Br2N2O3. The predicted octanol–water partition coefficient (Wildman–Crippen LogP) is 6.05. The first kappa shape index (κ1) is 26.4. The van der Waals surface area contributed by atoms with Gasteiger partial charge in [-0.2, -0.15) is 0 Å². The standard InChI is InChI=1S/C25H32Br2N2O3/c1-16(2)19-9-12-22(21(27)13-19)32-15-23(30)29(14-18-7-10-20(26)11-8-18)17(3)24(31)28-25(4,5)6/h7-13,16-17H,14-15H2,1-6H3,(H,28,31)/t17-/m1/s1. The van der Waals surface area contributed by atoms with Crippen molar-refractivity contribution in [1.29, 1.82) is 0 Å². The molecule has 0 heterocycles. The maximum absolute atomic E-state index is 13.2. The van der Waals surface area contributed by atoms with Gasteiger partial charge in [0.1, 0.15) is 11.8 Å². The highest BCUT2D eigenvalue weighted by Gasteiger charge is 2.28. The van der Waals surface area contributed by atoms with Gasteiger partial charge in [0.15, 0.2) is 6.61 Å². The molecule has 0 spiro atoms. The second-order valence-electron chi connectivity index (χ2n) is 9.20. The van der Waals surface area contributed by atoms with Crippen LogP contribution in [0.15, 0.2) is 51.4 Å². The molecule has 0 aliphatic rings. The third-order valence-electron chi connectivity index (χ3n) is 4.91. The first-order valence-corrected chi connectivity index (χ1v) is 12.2. The zero-order valence-corrected chi connectivity index (χ0v) is 22.7. The van der Waals surface area contributed by atoms with E-state index in [-0.39, 0.29) is 18.4 Å². The van der Waals surface area contributed by atoms with Crippen molar-refractivity contribution in [2.75, 3.05) is 6.61 Å². The van der Waals surface area contributed by atoms with E-state index in [4.69, 9.17) is 4.74 Å². The van der Waals surface area contributed by atoms with Crippen molar-refractivity contribution in [2.24, 2.45) is 0 Å². The van der Waals surface area contributed by atoms with Gasteiger partial charge in [0.25, 0.3) is 5.91 Å². The lowest BCUT2D eigenvalue weighted by Gasteiger charge is -2.31. The lowest BCUT2D eigenvalue weighted by molar-refractivity contribution is -0.142. The minimum atomic E-state index is -0.652. The Bertz CT molecular complexity index is 937. The topological polar surface area (TPSA) is 58.6 Å². The molecular weight excluding hydrogens is 536 g/mol. The van der Waals surface area contributed by atoms with Crippen LogP contribution < -0.4 is 10.1 Å². The molecule has 1 atom stereocenters. The maximum Gasteiger partial charge on any atom is 0.261 e. The molecule has 0 saturated heterocycles. The van der Waals surface area contributed by atoms with E-state index in [1.165, 1.54) is 5.56 Å². The van der Waals surface area contributed by atoms with Crippen LogP contribution in [0.1, 0.15) is 58.6 Å². The molecule has 2 amide bonds. The Labute approximate surface area is 208 Å². The summed E-state index contributed by atoms with van der Waals surface area (Å²) in [5.41, 5.74) is 1.72. The summed E-state index contributed by atoms with van der Waals surface area (Å²) in [6.45, 7) is 11.9. The highest BCUT2D eigenvalue weighted by atomic mass is 79.9. The van der Waals surface area contributed by atoms with Gasteiger partial charge in [-0.25, -0.2) is 0 Å². The molecule has 2 aromatic carbocycles. The van der Waals surface area contributed by atoms with E-state index in [1.54, 1.807) is 11.8 Å². The van der Waals surface area contributed by atoms with Gasteiger partial charge >= 0.3 is 0 Å². The summed E-state index contributed by atoms with van der Waals surface area (Å²) in [5.74, 6) is 0.526. The van der Waals surface area contributed by atoms with E-state index in [1.807, 2.05) is 63.2 Å². The number of ether oxygens (including phenoxy) is 1. The van der Waals surface area contributed by atoms with Gasteiger partial charge in [-0.05, 0) is 84.9 Å². The molecule has 1 N–H and O–H groups in total. The SMILES string of the molecule is CC(C)c1ccc(OCC(=O)N(Cc2ccc(Br)cc2)[C@H](C)C(=O)NC(C)(C)C)c(Br)c1. The van der Waals surface area contributed by atoms with Crippen molar-refractivity contribution < 1.29 is 14.3 Å². The molecule has 0 aromatic heterocycles. The fourth-order valence-corrected chi connectivity index (χ4v) is 3.83.